The molecule has 0 radical (unpaired) electrons. The van der Waals surface area contributed by atoms with Crippen molar-refractivity contribution in [1.29, 1.82) is 0 Å². The Morgan fingerprint density at radius 1 is 1.69 bits per heavy atom. The standard InChI is InChI=1S/C8H8FNO3/c1-13-6-2-5(3-10-4-6)7(9)8(11)12/h2-4,7H,1H3,(H,11,12). The summed E-state index contributed by atoms with van der Waals surface area (Å²) >= 11 is 0. The Hall–Kier alpha value is -1.65. The zero-order chi connectivity index (χ0) is 9.84. The first kappa shape index (κ1) is 9.44. The van der Waals surface area contributed by atoms with Gasteiger partial charge in [-0.1, -0.05) is 0 Å². The van der Waals surface area contributed by atoms with E-state index in [2.05, 4.69) is 4.98 Å². The molecule has 0 aliphatic rings. The number of carboxylic acids is 1. The lowest BCUT2D eigenvalue weighted by atomic mass is 10.2. The van der Waals surface area contributed by atoms with E-state index in [9.17, 15) is 9.18 Å². The number of ether oxygens (including phenoxy) is 1. The number of aromatic nitrogens is 1. The van der Waals surface area contributed by atoms with E-state index in [1.54, 1.807) is 0 Å². The molecule has 1 atom stereocenters. The zero-order valence-electron chi connectivity index (χ0n) is 6.90. The van der Waals surface area contributed by atoms with Crippen LogP contribution in [0.5, 0.6) is 5.75 Å². The normalized spacial score (nSPS) is 12.2. The molecule has 0 saturated carbocycles. The lowest BCUT2D eigenvalue weighted by Gasteiger charge is -2.04. The SMILES string of the molecule is COc1cncc(C(F)C(=O)O)c1. The van der Waals surface area contributed by atoms with Crippen LogP contribution in [0.3, 0.4) is 0 Å². The van der Waals surface area contributed by atoms with E-state index >= 15 is 0 Å². The van der Waals surface area contributed by atoms with Crippen LogP contribution in [0.4, 0.5) is 4.39 Å². The van der Waals surface area contributed by atoms with Crippen molar-refractivity contribution in [3.63, 3.8) is 0 Å². The average molecular weight is 185 g/mol. The predicted octanol–water partition coefficient (Wildman–Crippen LogP) is 1.19. The second-order valence-electron chi connectivity index (χ2n) is 2.36. The Balaban J connectivity index is 2.94. The molecule has 1 aromatic heterocycles. The van der Waals surface area contributed by atoms with E-state index in [-0.39, 0.29) is 5.56 Å². The van der Waals surface area contributed by atoms with Gasteiger partial charge < -0.3 is 9.84 Å². The highest BCUT2D eigenvalue weighted by Crippen LogP contribution is 2.20. The number of hydrogen-bond acceptors (Lipinski definition) is 3. The van der Waals surface area contributed by atoms with Crippen molar-refractivity contribution >= 4 is 5.97 Å². The van der Waals surface area contributed by atoms with E-state index in [0.717, 1.165) is 6.20 Å². The quantitative estimate of drug-likeness (QED) is 0.768. The maximum absolute atomic E-state index is 12.9. The highest BCUT2D eigenvalue weighted by molar-refractivity contribution is 5.74. The van der Waals surface area contributed by atoms with E-state index in [4.69, 9.17) is 9.84 Å². The van der Waals surface area contributed by atoms with Gasteiger partial charge in [-0.25, -0.2) is 9.18 Å². The van der Waals surface area contributed by atoms with Crippen LogP contribution in [0.1, 0.15) is 11.7 Å². The number of methoxy groups -OCH3 is 1. The minimum atomic E-state index is -2.05. The minimum absolute atomic E-state index is 0.0214. The molecule has 70 valence electrons. The monoisotopic (exact) mass is 185 g/mol. The molecule has 1 N–H and O–H groups in total. The molecule has 1 unspecified atom stereocenters. The molecule has 1 heterocycles. The van der Waals surface area contributed by atoms with Gasteiger partial charge in [0.15, 0.2) is 0 Å². The van der Waals surface area contributed by atoms with Crippen molar-refractivity contribution in [2.24, 2.45) is 0 Å². The molecule has 4 nitrogen and oxygen atoms in total. The molecular weight excluding hydrogens is 177 g/mol. The van der Waals surface area contributed by atoms with Crippen molar-refractivity contribution in [2.75, 3.05) is 7.11 Å². The molecule has 1 aromatic rings. The number of carbonyl (C=O) groups is 1. The Morgan fingerprint density at radius 3 is 2.92 bits per heavy atom. The first-order chi connectivity index (χ1) is 6.15. The summed E-state index contributed by atoms with van der Waals surface area (Å²) in [5.74, 6) is -1.20. The number of nitrogens with zero attached hydrogens (tertiary/aromatic N) is 1. The summed E-state index contributed by atoms with van der Waals surface area (Å²) in [7, 11) is 1.40. The van der Waals surface area contributed by atoms with Crippen molar-refractivity contribution < 1.29 is 19.0 Å². The summed E-state index contributed by atoms with van der Waals surface area (Å²) < 4.78 is 17.6. The van der Waals surface area contributed by atoms with Crippen LogP contribution in [-0.4, -0.2) is 23.2 Å². The number of halogens is 1. The van der Waals surface area contributed by atoms with E-state index in [0.29, 0.717) is 5.75 Å². The molecule has 0 fully saturated rings. The van der Waals surface area contributed by atoms with E-state index < -0.39 is 12.1 Å². The summed E-state index contributed by atoms with van der Waals surface area (Å²) in [6.45, 7) is 0. The fourth-order valence-electron chi connectivity index (χ4n) is 0.828. The number of hydrogen-bond donors (Lipinski definition) is 1. The van der Waals surface area contributed by atoms with Crippen molar-refractivity contribution in [1.82, 2.24) is 4.98 Å². The van der Waals surface area contributed by atoms with Crippen LogP contribution < -0.4 is 4.74 Å². The lowest BCUT2D eigenvalue weighted by molar-refractivity contribution is -0.143. The first-order valence-corrected chi connectivity index (χ1v) is 3.51. The first-order valence-electron chi connectivity index (χ1n) is 3.51. The Kier molecular flexibility index (Phi) is 2.79. The molecule has 0 aliphatic carbocycles. The number of carboxylic acid groups (broad SMARTS) is 1. The second kappa shape index (κ2) is 3.84. The fourth-order valence-corrected chi connectivity index (χ4v) is 0.828. The molecule has 0 bridgehead atoms. The van der Waals surface area contributed by atoms with Gasteiger partial charge in [0.25, 0.3) is 0 Å². The predicted molar refractivity (Wildman–Crippen MR) is 42.3 cm³/mol. The average Bonchev–Trinajstić information content (AvgIpc) is 2.16. The maximum Gasteiger partial charge on any atom is 0.343 e. The molecule has 0 amide bonds. The van der Waals surface area contributed by atoms with Gasteiger partial charge in [-0.3, -0.25) is 4.98 Å². The summed E-state index contributed by atoms with van der Waals surface area (Å²) in [6, 6.07) is 1.30. The molecule has 1 rings (SSSR count). The minimum Gasteiger partial charge on any atom is -0.495 e. The summed E-state index contributed by atoms with van der Waals surface area (Å²) in [6.07, 6.45) is 0.474. The number of aliphatic carboxylic acids is 1. The Morgan fingerprint density at radius 2 is 2.38 bits per heavy atom. The van der Waals surface area contributed by atoms with Crippen molar-refractivity contribution in [3.05, 3.63) is 24.0 Å². The summed E-state index contributed by atoms with van der Waals surface area (Å²) in [5, 5.41) is 8.36. The van der Waals surface area contributed by atoms with Crippen LogP contribution in [0.25, 0.3) is 0 Å². The van der Waals surface area contributed by atoms with Gasteiger partial charge in [0.2, 0.25) is 6.17 Å². The lowest BCUT2D eigenvalue weighted by Crippen LogP contribution is -2.06. The molecule has 13 heavy (non-hydrogen) atoms. The van der Waals surface area contributed by atoms with Gasteiger partial charge in [0, 0.05) is 11.8 Å². The molecular formula is C8H8FNO3. The van der Waals surface area contributed by atoms with Crippen molar-refractivity contribution in [2.45, 2.75) is 6.17 Å². The molecule has 0 aromatic carbocycles. The number of rotatable bonds is 3. The third-order valence-electron chi connectivity index (χ3n) is 1.48. The third kappa shape index (κ3) is 2.14. The highest BCUT2D eigenvalue weighted by atomic mass is 19.1. The molecule has 0 saturated heterocycles. The van der Waals surface area contributed by atoms with Gasteiger partial charge in [-0.15, -0.1) is 0 Å². The number of alkyl halides is 1. The third-order valence-corrected chi connectivity index (χ3v) is 1.48. The topological polar surface area (TPSA) is 59.4 Å². The van der Waals surface area contributed by atoms with Gasteiger partial charge in [-0.2, -0.15) is 0 Å². The van der Waals surface area contributed by atoms with Crippen LogP contribution in [0.15, 0.2) is 18.5 Å². The Bertz CT molecular complexity index is 316. The Labute approximate surface area is 74.0 Å². The molecule has 0 aliphatic heterocycles. The maximum atomic E-state index is 12.9. The fraction of sp³-hybridized carbons (Fsp3) is 0.250. The van der Waals surface area contributed by atoms with E-state index in [1.165, 1.54) is 19.4 Å². The van der Waals surface area contributed by atoms with Crippen molar-refractivity contribution in [3.8, 4) is 5.75 Å². The van der Waals surface area contributed by atoms with Gasteiger partial charge >= 0.3 is 5.97 Å². The van der Waals surface area contributed by atoms with E-state index in [1.807, 2.05) is 0 Å². The van der Waals surface area contributed by atoms with Crippen LogP contribution in [0, 0.1) is 0 Å². The van der Waals surface area contributed by atoms with Crippen LogP contribution in [-0.2, 0) is 4.79 Å². The van der Waals surface area contributed by atoms with Crippen LogP contribution >= 0.6 is 0 Å². The second-order valence-corrected chi connectivity index (χ2v) is 2.36. The van der Waals surface area contributed by atoms with Gasteiger partial charge in [0.05, 0.1) is 13.3 Å². The van der Waals surface area contributed by atoms with Gasteiger partial charge in [0.1, 0.15) is 5.75 Å². The largest absolute Gasteiger partial charge is 0.495 e. The molecule has 0 spiro atoms. The zero-order valence-corrected chi connectivity index (χ0v) is 6.90. The molecule has 5 heteroatoms. The van der Waals surface area contributed by atoms with Gasteiger partial charge in [-0.05, 0) is 6.07 Å². The smallest absolute Gasteiger partial charge is 0.343 e. The summed E-state index contributed by atoms with van der Waals surface area (Å²) in [4.78, 5) is 13.9. The van der Waals surface area contributed by atoms with Crippen LogP contribution in [0.2, 0.25) is 0 Å². The highest BCUT2D eigenvalue weighted by Gasteiger charge is 2.18. The number of pyridine rings is 1. The summed E-state index contributed by atoms with van der Waals surface area (Å²) in [5.41, 5.74) is -0.0214.